The summed E-state index contributed by atoms with van der Waals surface area (Å²) in [6, 6.07) is 5.47. The zero-order valence-corrected chi connectivity index (χ0v) is 14.7. The summed E-state index contributed by atoms with van der Waals surface area (Å²) < 4.78 is 27.6. The standard InChI is InChI=1S/C16H20N2O2S2/c1-11-4-7-16(8-12(11)2)22(19,20)18(15-5-6-15)9-14-10-21-13(3)17-14/h4,7-8,10,15H,5-6,9H2,1-3H3. The average molecular weight is 336 g/mol. The third kappa shape index (κ3) is 3.09. The van der Waals surface area contributed by atoms with E-state index in [1.807, 2.05) is 32.2 Å². The molecule has 1 fully saturated rings. The third-order valence-corrected chi connectivity index (χ3v) is 6.74. The van der Waals surface area contributed by atoms with Crippen molar-refractivity contribution in [1.82, 2.24) is 9.29 Å². The zero-order chi connectivity index (χ0) is 15.9. The second kappa shape index (κ2) is 5.76. The van der Waals surface area contributed by atoms with Gasteiger partial charge in [0.25, 0.3) is 0 Å². The van der Waals surface area contributed by atoms with Gasteiger partial charge in [0.2, 0.25) is 10.0 Å². The van der Waals surface area contributed by atoms with Crippen molar-refractivity contribution in [3.63, 3.8) is 0 Å². The van der Waals surface area contributed by atoms with Gasteiger partial charge in [-0.2, -0.15) is 4.31 Å². The van der Waals surface area contributed by atoms with Gasteiger partial charge < -0.3 is 0 Å². The molecule has 0 saturated heterocycles. The van der Waals surface area contributed by atoms with E-state index in [0.29, 0.717) is 11.4 Å². The molecule has 1 aliphatic rings. The van der Waals surface area contributed by atoms with E-state index in [-0.39, 0.29) is 6.04 Å². The molecule has 0 spiro atoms. The van der Waals surface area contributed by atoms with Crippen molar-refractivity contribution in [3.8, 4) is 0 Å². The van der Waals surface area contributed by atoms with E-state index in [4.69, 9.17) is 0 Å². The number of aryl methyl sites for hydroxylation is 3. The minimum absolute atomic E-state index is 0.119. The van der Waals surface area contributed by atoms with Crippen molar-refractivity contribution in [2.75, 3.05) is 0 Å². The number of benzene rings is 1. The summed E-state index contributed by atoms with van der Waals surface area (Å²) in [6.07, 6.45) is 1.88. The number of hydrogen-bond acceptors (Lipinski definition) is 4. The van der Waals surface area contributed by atoms with Crippen LogP contribution in [0.2, 0.25) is 0 Å². The number of thiazole rings is 1. The monoisotopic (exact) mass is 336 g/mol. The van der Waals surface area contributed by atoms with Gasteiger partial charge in [-0.15, -0.1) is 11.3 Å². The van der Waals surface area contributed by atoms with E-state index in [0.717, 1.165) is 34.7 Å². The highest BCUT2D eigenvalue weighted by Crippen LogP contribution is 2.34. The van der Waals surface area contributed by atoms with Gasteiger partial charge >= 0.3 is 0 Å². The Morgan fingerprint density at radius 3 is 2.50 bits per heavy atom. The molecule has 0 aliphatic heterocycles. The minimum Gasteiger partial charge on any atom is -0.245 e. The fourth-order valence-corrected chi connectivity index (χ4v) is 4.77. The molecule has 0 bridgehead atoms. The van der Waals surface area contributed by atoms with Crippen LogP contribution in [0.3, 0.4) is 0 Å². The van der Waals surface area contributed by atoms with Crippen LogP contribution in [0.25, 0.3) is 0 Å². The Hall–Kier alpha value is -1.24. The smallest absolute Gasteiger partial charge is 0.243 e. The number of nitrogens with zero attached hydrogens (tertiary/aromatic N) is 2. The second-order valence-electron chi connectivity index (χ2n) is 5.89. The van der Waals surface area contributed by atoms with E-state index in [1.165, 1.54) is 0 Å². The van der Waals surface area contributed by atoms with Crippen LogP contribution in [0, 0.1) is 20.8 Å². The summed E-state index contributed by atoms with van der Waals surface area (Å²) in [5.74, 6) is 0. The molecule has 118 valence electrons. The lowest BCUT2D eigenvalue weighted by Crippen LogP contribution is -2.32. The lowest BCUT2D eigenvalue weighted by molar-refractivity contribution is 0.395. The van der Waals surface area contributed by atoms with E-state index in [1.54, 1.807) is 27.8 Å². The van der Waals surface area contributed by atoms with Gasteiger partial charge in [-0.1, -0.05) is 6.07 Å². The van der Waals surface area contributed by atoms with Gasteiger partial charge in [0.05, 0.1) is 22.1 Å². The Balaban J connectivity index is 1.94. The maximum Gasteiger partial charge on any atom is 0.243 e. The summed E-state index contributed by atoms with van der Waals surface area (Å²) in [7, 11) is -3.47. The molecule has 0 N–H and O–H groups in total. The third-order valence-electron chi connectivity index (χ3n) is 4.02. The summed E-state index contributed by atoms with van der Waals surface area (Å²) in [6.45, 7) is 6.24. The molecule has 1 aromatic carbocycles. The van der Waals surface area contributed by atoms with Gasteiger partial charge in [-0.05, 0) is 56.9 Å². The minimum atomic E-state index is -3.47. The highest BCUT2D eigenvalue weighted by atomic mass is 32.2. The maximum absolute atomic E-state index is 13.0. The van der Waals surface area contributed by atoms with E-state index >= 15 is 0 Å². The van der Waals surface area contributed by atoms with Gasteiger partial charge in [0, 0.05) is 11.4 Å². The first-order chi connectivity index (χ1) is 10.4. The van der Waals surface area contributed by atoms with E-state index in [9.17, 15) is 8.42 Å². The van der Waals surface area contributed by atoms with Crippen LogP contribution < -0.4 is 0 Å². The molecule has 0 amide bonds. The first-order valence-electron chi connectivity index (χ1n) is 7.38. The fraction of sp³-hybridized carbons (Fsp3) is 0.438. The van der Waals surface area contributed by atoms with Crippen LogP contribution in [-0.2, 0) is 16.6 Å². The molecule has 1 saturated carbocycles. The molecule has 1 aliphatic carbocycles. The fourth-order valence-electron chi connectivity index (χ4n) is 2.42. The Kier molecular flexibility index (Phi) is 4.09. The second-order valence-corrected chi connectivity index (χ2v) is 8.84. The number of aromatic nitrogens is 1. The van der Waals surface area contributed by atoms with E-state index in [2.05, 4.69) is 4.98 Å². The molecular formula is C16H20N2O2S2. The average Bonchev–Trinajstić information content (AvgIpc) is 3.21. The summed E-state index contributed by atoms with van der Waals surface area (Å²) >= 11 is 1.56. The topological polar surface area (TPSA) is 50.3 Å². The van der Waals surface area contributed by atoms with Crippen LogP contribution in [0.4, 0.5) is 0 Å². The lowest BCUT2D eigenvalue weighted by Gasteiger charge is -2.21. The first-order valence-corrected chi connectivity index (χ1v) is 9.70. The molecule has 22 heavy (non-hydrogen) atoms. The Labute approximate surface area is 135 Å². The summed E-state index contributed by atoms with van der Waals surface area (Å²) in [4.78, 5) is 4.80. The molecule has 3 rings (SSSR count). The Bertz CT molecular complexity index is 792. The molecule has 2 aromatic rings. The molecule has 1 heterocycles. The van der Waals surface area contributed by atoms with Crippen LogP contribution in [-0.4, -0.2) is 23.7 Å². The van der Waals surface area contributed by atoms with Gasteiger partial charge in [-0.25, -0.2) is 13.4 Å². The number of hydrogen-bond donors (Lipinski definition) is 0. The zero-order valence-electron chi connectivity index (χ0n) is 13.0. The maximum atomic E-state index is 13.0. The predicted octanol–water partition coefficient (Wildman–Crippen LogP) is 3.42. The van der Waals surface area contributed by atoms with Crippen LogP contribution in [0.5, 0.6) is 0 Å². The SMILES string of the molecule is Cc1nc(CN(C2CC2)S(=O)(=O)c2ccc(C)c(C)c2)cs1. The molecular weight excluding hydrogens is 316 g/mol. The van der Waals surface area contributed by atoms with Crippen molar-refractivity contribution in [3.05, 3.63) is 45.4 Å². The normalized spacial score (nSPS) is 15.5. The Morgan fingerprint density at radius 2 is 1.95 bits per heavy atom. The number of sulfonamides is 1. The number of rotatable bonds is 5. The summed E-state index contributed by atoms with van der Waals surface area (Å²) in [5, 5.41) is 2.91. The largest absolute Gasteiger partial charge is 0.245 e. The predicted molar refractivity (Wildman–Crippen MR) is 88.5 cm³/mol. The quantitative estimate of drug-likeness (QED) is 0.840. The molecule has 0 atom stereocenters. The molecule has 0 unspecified atom stereocenters. The summed E-state index contributed by atoms with van der Waals surface area (Å²) in [5.41, 5.74) is 2.94. The van der Waals surface area contributed by atoms with Crippen molar-refractivity contribution >= 4 is 21.4 Å². The van der Waals surface area contributed by atoms with Crippen LogP contribution in [0.1, 0.15) is 34.7 Å². The molecule has 6 heteroatoms. The first kappa shape index (κ1) is 15.6. The van der Waals surface area contributed by atoms with Crippen LogP contribution >= 0.6 is 11.3 Å². The highest BCUT2D eigenvalue weighted by Gasteiger charge is 2.38. The van der Waals surface area contributed by atoms with Gasteiger partial charge in [-0.3, -0.25) is 0 Å². The van der Waals surface area contributed by atoms with Crippen LogP contribution in [0.15, 0.2) is 28.5 Å². The molecule has 1 aromatic heterocycles. The lowest BCUT2D eigenvalue weighted by atomic mass is 10.1. The van der Waals surface area contributed by atoms with Crippen molar-refractivity contribution in [2.45, 2.75) is 51.1 Å². The van der Waals surface area contributed by atoms with Crippen molar-refractivity contribution in [1.29, 1.82) is 0 Å². The van der Waals surface area contributed by atoms with Crippen molar-refractivity contribution < 1.29 is 8.42 Å². The molecule has 4 nitrogen and oxygen atoms in total. The van der Waals surface area contributed by atoms with E-state index < -0.39 is 10.0 Å². The van der Waals surface area contributed by atoms with Gasteiger partial charge in [0.15, 0.2) is 0 Å². The van der Waals surface area contributed by atoms with Crippen molar-refractivity contribution in [2.24, 2.45) is 0 Å². The molecule has 0 radical (unpaired) electrons. The van der Waals surface area contributed by atoms with Gasteiger partial charge in [0.1, 0.15) is 0 Å². The Morgan fingerprint density at radius 1 is 1.23 bits per heavy atom. The highest BCUT2D eigenvalue weighted by molar-refractivity contribution is 7.89.